The summed E-state index contributed by atoms with van der Waals surface area (Å²) in [6, 6.07) is 14.8. The SMILES string of the molecule is O=C(c1cnn2c(C(F)F)cc(-c3ccccc3)nc12)N1CCN(Cc2c(F)cccc2Cl)CC1. The predicted octanol–water partition coefficient (Wildman–Crippen LogP) is 5.08. The molecule has 6 nitrogen and oxygen atoms in total. The smallest absolute Gasteiger partial charge is 0.280 e. The first-order chi connectivity index (χ1) is 16.9. The monoisotopic (exact) mass is 499 g/mol. The maximum absolute atomic E-state index is 14.1. The number of carbonyl (C=O) groups is 1. The molecule has 0 radical (unpaired) electrons. The second-order valence-corrected chi connectivity index (χ2v) is 8.70. The van der Waals surface area contributed by atoms with Crippen molar-refractivity contribution in [2.75, 3.05) is 26.2 Å². The second-order valence-electron chi connectivity index (χ2n) is 8.30. The predicted molar refractivity (Wildman–Crippen MR) is 126 cm³/mol. The van der Waals surface area contributed by atoms with Gasteiger partial charge in [-0.2, -0.15) is 5.10 Å². The summed E-state index contributed by atoms with van der Waals surface area (Å²) in [5.74, 6) is -0.695. The molecule has 0 aliphatic carbocycles. The molecule has 2 aromatic carbocycles. The van der Waals surface area contributed by atoms with E-state index in [1.807, 2.05) is 11.0 Å². The van der Waals surface area contributed by atoms with Gasteiger partial charge in [0.05, 0.1) is 11.9 Å². The number of nitrogens with zero attached hydrogens (tertiary/aromatic N) is 5. The van der Waals surface area contributed by atoms with Crippen molar-refractivity contribution < 1.29 is 18.0 Å². The minimum absolute atomic E-state index is 0.0900. The Morgan fingerprint density at radius 3 is 2.46 bits per heavy atom. The molecule has 0 spiro atoms. The summed E-state index contributed by atoms with van der Waals surface area (Å²) < 4.78 is 42.8. The van der Waals surface area contributed by atoms with Crippen LogP contribution in [0.15, 0.2) is 60.8 Å². The van der Waals surface area contributed by atoms with Crippen LogP contribution >= 0.6 is 11.6 Å². The fraction of sp³-hybridized carbons (Fsp3) is 0.240. The molecule has 1 saturated heterocycles. The van der Waals surface area contributed by atoms with E-state index < -0.39 is 6.43 Å². The Morgan fingerprint density at radius 1 is 1.03 bits per heavy atom. The lowest BCUT2D eigenvalue weighted by molar-refractivity contribution is 0.0628. The first-order valence-electron chi connectivity index (χ1n) is 11.1. The standard InChI is InChI=1S/C25H21ClF3N5O/c26-19-7-4-8-20(27)18(19)15-32-9-11-33(12-10-32)25(35)17-14-30-34-22(23(28)29)13-21(31-24(17)34)16-5-2-1-3-6-16/h1-8,13-14,23H,9-12,15H2. The average Bonchev–Trinajstić information content (AvgIpc) is 3.30. The van der Waals surface area contributed by atoms with E-state index in [4.69, 9.17) is 11.6 Å². The Hall–Kier alpha value is -3.43. The zero-order valence-corrected chi connectivity index (χ0v) is 19.3. The van der Waals surface area contributed by atoms with E-state index in [0.29, 0.717) is 54.6 Å². The third-order valence-electron chi connectivity index (χ3n) is 6.13. The normalized spacial score (nSPS) is 14.7. The van der Waals surface area contributed by atoms with Crippen molar-refractivity contribution in [2.45, 2.75) is 13.0 Å². The minimum atomic E-state index is -2.79. The summed E-state index contributed by atoms with van der Waals surface area (Å²) in [5, 5.41) is 4.41. The van der Waals surface area contributed by atoms with Crippen LogP contribution in [-0.4, -0.2) is 56.5 Å². The first kappa shape index (κ1) is 23.3. The van der Waals surface area contributed by atoms with E-state index in [-0.39, 0.29) is 28.6 Å². The number of piperazine rings is 1. The van der Waals surface area contributed by atoms with Gasteiger partial charge < -0.3 is 4.90 Å². The topological polar surface area (TPSA) is 53.7 Å². The molecule has 0 bridgehead atoms. The molecule has 1 fully saturated rings. The number of rotatable bonds is 5. The number of carbonyl (C=O) groups excluding carboxylic acids is 1. The van der Waals surface area contributed by atoms with E-state index >= 15 is 0 Å². The van der Waals surface area contributed by atoms with Crippen molar-refractivity contribution in [3.8, 4) is 11.3 Å². The zero-order chi connectivity index (χ0) is 24.5. The molecule has 0 N–H and O–H groups in total. The van der Waals surface area contributed by atoms with Gasteiger partial charge in [-0.25, -0.2) is 22.7 Å². The lowest BCUT2D eigenvalue weighted by Gasteiger charge is -2.34. The average molecular weight is 500 g/mol. The number of halogens is 4. The van der Waals surface area contributed by atoms with Crippen LogP contribution in [0.4, 0.5) is 13.2 Å². The van der Waals surface area contributed by atoms with E-state index in [2.05, 4.69) is 10.1 Å². The Kier molecular flexibility index (Phi) is 6.44. The van der Waals surface area contributed by atoms with E-state index in [1.54, 1.807) is 41.3 Å². The number of hydrogen-bond acceptors (Lipinski definition) is 4. The van der Waals surface area contributed by atoms with Gasteiger partial charge in [-0.3, -0.25) is 9.69 Å². The lowest BCUT2D eigenvalue weighted by atomic mass is 10.1. The van der Waals surface area contributed by atoms with Crippen LogP contribution in [0, 0.1) is 5.82 Å². The lowest BCUT2D eigenvalue weighted by Crippen LogP contribution is -2.48. The van der Waals surface area contributed by atoms with Gasteiger partial charge in [0, 0.05) is 48.9 Å². The molecule has 180 valence electrons. The quantitative estimate of drug-likeness (QED) is 0.384. The molecule has 0 unspecified atom stereocenters. The third kappa shape index (κ3) is 4.61. The van der Waals surface area contributed by atoms with Crippen molar-refractivity contribution in [1.29, 1.82) is 0 Å². The van der Waals surface area contributed by atoms with Crippen LogP contribution in [-0.2, 0) is 6.54 Å². The van der Waals surface area contributed by atoms with Gasteiger partial charge in [0.1, 0.15) is 17.1 Å². The summed E-state index contributed by atoms with van der Waals surface area (Å²) in [5.41, 5.74) is 1.35. The number of amides is 1. The Bertz CT molecular complexity index is 1350. The van der Waals surface area contributed by atoms with Crippen molar-refractivity contribution in [2.24, 2.45) is 0 Å². The fourth-order valence-corrected chi connectivity index (χ4v) is 4.46. The molecular formula is C25H21ClF3N5O. The molecule has 1 aliphatic rings. The Labute approximate surface area is 204 Å². The summed E-state index contributed by atoms with van der Waals surface area (Å²) in [4.78, 5) is 21.5. The summed E-state index contributed by atoms with van der Waals surface area (Å²) in [6.45, 7) is 2.15. The highest BCUT2D eigenvalue weighted by Crippen LogP contribution is 2.27. The molecule has 1 amide bonds. The molecule has 35 heavy (non-hydrogen) atoms. The molecule has 2 aromatic heterocycles. The van der Waals surface area contributed by atoms with Gasteiger partial charge in [-0.05, 0) is 18.2 Å². The maximum Gasteiger partial charge on any atom is 0.280 e. The Balaban J connectivity index is 1.38. The van der Waals surface area contributed by atoms with Crippen LogP contribution in [0.1, 0.15) is 28.0 Å². The molecule has 5 rings (SSSR count). The molecule has 0 saturated carbocycles. The summed E-state index contributed by atoms with van der Waals surface area (Å²) in [6.07, 6.45) is -1.50. The van der Waals surface area contributed by atoms with Gasteiger partial charge in [0.25, 0.3) is 12.3 Å². The minimum Gasteiger partial charge on any atom is -0.336 e. The number of hydrogen-bond donors (Lipinski definition) is 0. The van der Waals surface area contributed by atoms with Gasteiger partial charge >= 0.3 is 0 Å². The third-order valence-corrected chi connectivity index (χ3v) is 6.48. The van der Waals surface area contributed by atoms with Gasteiger partial charge in [0.2, 0.25) is 0 Å². The highest BCUT2D eigenvalue weighted by molar-refractivity contribution is 6.31. The van der Waals surface area contributed by atoms with Crippen molar-refractivity contribution >= 4 is 23.2 Å². The van der Waals surface area contributed by atoms with Gasteiger partial charge in [0.15, 0.2) is 5.65 Å². The molecule has 10 heteroatoms. The van der Waals surface area contributed by atoms with Gasteiger partial charge in [-0.1, -0.05) is 48.0 Å². The van der Waals surface area contributed by atoms with Crippen molar-refractivity contribution in [1.82, 2.24) is 24.4 Å². The molecular weight excluding hydrogens is 479 g/mol. The summed E-state index contributed by atoms with van der Waals surface area (Å²) in [7, 11) is 0. The van der Waals surface area contributed by atoms with Crippen LogP contribution in [0.2, 0.25) is 5.02 Å². The Morgan fingerprint density at radius 2 is 1.77 bits per heavy atom. The van der Waals surface area contributed by atoms with Crippen LogP contribution in [0.3, 0.4) is 0 Å². The van der Waals surface area contributed by atoms with Crippen molar-refractivity contribution in [3.05, 3.63) is 88.5 Å². The van der Waals surface area contributed by atoms with Crippen LogP contribution in [0.5, 0.6) is 0 Å². The zero-order valence-electron chi connectivity index (χ0n) is 18.5. The van der Waals surface area contributed by atoms with E-state index in [1.165, 1.54) is 18.3 Å². The van der Waals surface area contributed by atoms with Crippen LogP contribution < -0.4 is 0 Å². The van der Waals surface area contributed by atoms with Crippen molar-refractivity contribution in [3.63, 3.8) is 0 Å². The molecule has 4 aromatic rings. The highest BCUT2D eigenvalue weighted by atomic mass is 35.5. The first-order valence-corrected chi connectivity index (χ1v) is 11.5. The summed E-state index contributed by atoms with van der Waals surface area (Å²) >= 11 is 6.14. The van der Waals surface area contributed by atoms with Gasteiger partial charge in [-0.15, -0.1) is 0 Å². The number of aromatic nitrogens is 3. The largest absolute Gasteiger partial charge is 0.336 e. The van der Waals surface area contributed by atoms with Crippen LogP contribution in [0.25, 0.3) is 16.9 Å². The number of alkyl halides is 2. The molecule has 0 atom stereocenters. The van der Waals surface area contributed by atoms with E-state index in [0.717, 1.165) is 4.52 Å². The number of benzene rings is 2. The molecule has 3 heterocycles. The second kappa shape index (κ2) is 9.67. The number of fused-ring (bicyclic) bond motifs is 1. The maximum atomic E-state index is 14.1. The van der Waals surface area contributed by atoms with E-state index in [9.17, 15) is 18.0 Å². The highest BCUT2D eigenvalue weighted by Gasteiger charge is 2.27. The fourth-order valence-electron chi connectivity index (χ4n) is 4.24. The molecule has 1 aliphatic heterocycles.